The Labute approximate surface area is 107 Å². The summed E-state index contributed by atoms with van der Waals surface area (Å²) >= 11 is 6.00. The molecule has 0 N–H and O–H groups in total. The number of morpholine rings is 1. The Bertz CT molecular complexity index is 445. The highest BCUT2D eigenvalue weighted by Crippen LogP contribution is 2.27. The molecule has 2 rings (SSSR count). The third-order valence-corrected chi connectivity index (χ3v) is 3.08. The van der Waals surface area contributed by atoms with E-state index in [2.05, 4.69) is 11.0 Å². The van der Waals surface area contributed by atoms with Gasteiger partial charge in [0, 0.05) is 18.1 Å². The first-order chi connectivity index (χ1) is 8.10. The van der Waals surface area contributed by atoms with E-state index in [1.165, 1.54) is 0 Å². The van der Waals surface area contributed by atoms with Crippen molar-refractivity contribution in [3.05, 3.63) is 28.8 Å². The van der Waals surface area contributed by atoms with Crippen molar-refractivity contribution in [3.8, 4) is 6.07 Å². The van der Waals surface area contributed by atoms with Gasteiger partial charge in [0.25, 0.3) is 0 Å². The fourth-order valence-corrected chi connectivity index (χ4v) is 2.40. The summed E-state index contributed by atoms with van der Waals surface area (Å²) in [5, 5.41) is 9.78. The molecular weight excluding hydrogens is 236 g/mol. The summed E-state index contributed by atoms with van der Waals surface area (Å²) in [6, 6.07) is 7.57. The fourth-order valence-electron chi connectivity index (χ4n) is 2.24. The minimum absolute atomic E-state index is 0.171. The van der Waals surface area contributed by atoms with E-state index < -0.39 is 0 Å². The first-order valence-electron chi connectivity index (χ1n) is 5.70. The van der Waals surface area contributed by atoms with Gasteiger partial charge in [0.1, 0.15) is 6.07 Å². The van der Waals surface area contributed by atoms with E-state index in [0.717, 1.165) is 18.8 Å². The number of halogens is 1. The van der Waals surface area contributed by atoms with Gasteiger partial charge in [0.05, 0.1) is 23.5 Å². The maximum Gasteiger partial charge on any atom is 0.101 e. The predicted octanol–water partition coefficient (Wildman–Crippen LogP) is 2.83. The summed E-state index contributed by atoms with van der Waals surface area (Å²) in [5.74, 6) is 0. The lowest BCUT2D eigenvalue weighted by molar-refractivity contribution is -0.00522. The number of hydrogen-bond acceptors (Lipinski definition) is 3. The molecule has 1 aromatic rings. The van der Waals surface area contributed by atoms with Crippen molar-refractivity contribution < 1.29 is 4.74 Å². The Hall–Kier alpha value is -1.24. The van der Waals surface area contributed by atoms with Crippen LogP contribution in [0.25, 0.3) is 0 Å². The zero-order valence-electron chi connectivity index (χ0n) is 9.98. The van der Waals surface area contributed by atoms with Crippen LogP contribution in [0.3, 0.4) is 0 Å². The lowest BCUT2D eigenvalue weighted by Crippen LogP contribution is -2.45. The molecule has 0 aromatic heterocycles. The van der Waals surface area contributed by atoms with Crippen LogP contribution in [0.1, 0.15) is 19.4 Å². The minimum Gasteiger partial charge on any atom is -0.372 e. The molecule has 3 nitrogen and oxygen atoms in total. The Balaban J connectivity index is 2.33. The summed E-state index contributed by atoms with van der Waals surface area (Å²) in [6.45, 7) is 5.66. The maximum atomic E-state index is 9.12. The van der Waals surface area contributed by atoms with Gasteiger partial charge in [-0.2, -0.15) is 5.26 Å². The van der Waals surface area contributed by atoms with Crippen LogP contribution in [-0.4, -0.2) is 25.3 Å². The molecule has 90 valence electrons. The van der Waals surface area contributed by atoms with Crippen molar-refractivity contribution in [3.63, 3.8) is 0 Å². The molecule has 2 atom stereocenters. The highest BCUT2D eigenvalue weighted by atomic mass is 35.5. The smallest absolute Gasteiger partial charge is 0.101 e. The molecule has 4 heteroatoms. The molecule has 0 aliphatic carbocycles. The van der Waals surface area contributed by atoms with E-state index in [-0.39, 0.29) is 12.2 Å². The van der Waals surface area contributed by atoms with E-state index in [1.807, 2.05) is 19.9 Å². The number of nitriles is 1. The lowest BCUT2D eigenvalue weighted by Gasteiger charge is -2.37. The van der Waals surface area contributed by atoms with Crippen LogP contribution in [0.2, 0.25) is 5.02 Å². The second-order valence-corrected chi connectivity index (χ2v) is 4.87. The summed E-state index contributed by atoms with van der Waals surface area (Å²) in [7, 11) is 0. The Morgan fingerprint density at radius 3 is 2.59 bits per heavy atom. The summed E-state index contributed by atoms with van der Waals surface area (Å²) in [6.07, 6.45) is 0.341. The van der Waals surface area contributed by atoms with Crippen molar-refractivity contribution in [1.29, 1.82) is 5.26 Å². The Morgan fingerprint density at radius 1 is 1.35 bits per heavy atom. The van der Waals surface area contributed by atoms with E-state index in [4.69, 9.17) is 21.6 Å². The second-order valence-electron chi connectivity index (χ2n) is 4.44. The molecule has 1 fully saturated rings. The molecule has 0 radical (unpaired) electrons. The van der Waals surface area contributed by atoms with Crippen molar-refractivity contribution in [1.82, 2.24) is 0 Å². The third kappa shape index (κ3) is 2.71. The lowest BCUT2D eigenvalue weighted by atomic mass is 10.1. The first kappa shape index (κ1) is 12.2. The summed E-state index contributed by atoms with van der Waals surface area (Å²) < 4.78 is 5.68. The van der Waals surface area contributed by atoms with E-state index in [0.29, 0.717) is 10.6 Å². The quantitative estimate of drug-likeness (QED) is 0.769. The van der Waals surface area contributed by atoms with Crippen molar-refractivity contribution in [2.45, 2.75) is 26.1 Å². The fraction of sp³-hybridized carbons (Fsp3) is 0.462. The van der Waals surface area contributed by atoms with Gasteiger partial charge in [0.15, 0.2) is 0 Å². The molecule has 0 bridgehead atoms. The van der Waals surface area contributed by atoms with E-state index in [9.17, 15) is 0 Å². The predicted molar refractivity (Wildman–Crippen MR) is 68.4 cm³/mol. The molecule has 0 unspecified atom stereocenters. The van der Waals surface area contributed by atoms with Gasteiger partial charge in [-0.1, -0.05) is 11.6 Å². The number of anilines is 1. The SMILES string of the molecule is C[C@@H]1CN(c2cc(Cl)ccc2C#N)C[C@H](C)O1. The van der Waals surface area contributed by atoms with Gasteiger partial charge >= 0.3 is 0 Å². The average molecular weight is 251 g/mol. The van der Waals surface area contributed by atoms with Gasteiger partial charge in [-0.3, -0.25) is 0 Å². The van der Waals surface area contributed by atoms with Crippen molar-refractivity contribution in [2.24, 2.45) is 0 Å². The first-order valence-corrected chi connectivity index (χ1v) is 6.08. The third-order valence-electron chi connectivity index (χ3n) is 2.84. The Kier molecular flexibility index (Phi) is 3.56. The zero-order valence-corrected chi connectivity index (χ0v) is 10.7. The molecule has 0 spiro atoms. The van der Waals surface area contributed by atoms with E-state index >= 15 is 0 Å². The van der Waals surface area contributed by atoms with Gasteiger partial charge in [-0.25, -0.2) is 0 Å². The van der Waals surface area contributed by atoms with Crippen LogP contribution >= 0.6 is 11.6 Å². The normalized spacial score (nSPS) is 24.5. The maximum absolute atomic E-state index is 9.12. The number of ether oxygens (including phenoxy) is 1. The molecule has 1 aliphatic heterocycles. The number of hydrogen-bond donors (Lipinski definition) is 0. The van der Waals surface area contributed by atoms with Gasteiger partial charge in [-0.05, 0) is 32.0 Å². The van der Waals surface area contributed by atoms with Crippen LogP contribution in [0, 0.1) is 11.3 Å². The number of benzene rings is 1. The Morgan fingerprint density at radius 2 is 2.00 bits per heavy atom. The van der Waals surface area contributed by atoms with Crippen LogP contribution in [0.15, 0.2) is 18.2 Å². The molecular formula is C13H15ClN2O. The monoisotopic (exact) mass is 250 g/mol. The van der Waals surface area contributed by atoms with Gasteiger partial charge < -0.3 is 9.64 Å². The van der Waals surface area contributed by atoms with Gasteiger partial charge in [0.2, 0.25) is 0 Å². The highest BCUT2D eigenvalue weighted by molar-refractivity contribution is 6.30. The molecule has 0 amide bonds. The molecule has 0 saturated carbocycles. The van der Waals surface area contributed by atoms with Crippen LogP contribution in [0.4, 0.5) is 5.69 Å². The van der Waals surface area contributed by atoms with E-state index in [1.54, 1.807) is 12.1 Å². The van der Waals surface area contributed by atoms with Crippen molar-refractivity contribution in [2.75, 3.05) is 18.0 Å². The average Bonchev–Trinajstić information content (AvgIpc) is 2.27. The minimum atomic E-state index is 0.171. The highest BCUT2D eigenvalue weighted by Gasteiger charge is 2.24. The zero-order chi connectivity index (χ0) is 12.4. The van der Waals surface area contributed by atoms with Crippen LogP contribution in [0.5, 0.6) is 0 Å². The van der Waals surface area contributed by atoms with Crippen LogP contribution in [-0.2, 0) is 4.74 Å². The topological polar surface area (TPSA) is 36.3 Å². The summed E-state index contributed by atoms with van der Waals surface area (Å²) in [4.78, 5) is 2.17. The largest absolute Gasteiger partial charge is 0.372 e. The standard InChI is InChI=1S/C13H15ClN2O/c1-9-7-16(8-10(2)17-9)13-5-12(14)4-3-11(13)6-15/h3-5,9-10H,7-8H2,1-2H3/t9-,10+. The second kappa shape index (κ2) is 4.95. The number of nitrogens with zero attached hydrogens (tertiary/aromatic N) is 2. The van der Waals surface area contributed by atoms with Crippen molar-refractivity contribution >= 4 is 17.3 Å². The number of rotatable bonds is 1. The molecule has 1 aromatic carbocycles. The molecule has 1 heterocycles. The molecule has 17 heavy (non-hydrogen) atoms. The van der Waals surface area contributed by atoms with Crippen LogP contribution < -0.4 is 4.90 Å². The molecule has 1 saturated heterocycles. The molecule has 1 aliphatic rings. The summed E-state index contributed by atoms with van der Waals surface area (Å²) in [5.41, 5.74) is 1.57. The van der Waals surface area contributed by atoms with Gasteiger partial charge in [-0.15, -0.1) is 0 Å².